The van der Waals surface area contributed by atoms with Gasteiger partial charge in [0, 0.05) is 30.5 Å². The molecule has 3 rings (SSSR count). The van der Waals surface area contributed by atoms with Crippen LogP contribution in [0.2, 0.25) is 0 Å². The summed E-state index contributed by atoms with van der Waals surface area (Å²) < 4.78 is 0. The Labute approximate surface area is 140 Å². The van der Waals surface area contributed by atoms with Crippen molar-refractivity contribution in [3.63, 3.8) is 0 Å². The van der Waals surface area contributed by atoms with Crippen molar-refractivity contribution >= 4 is 29.1 Å². The molecule has 1 aromatic heterocycles. The molecule has 0 fully saturated rings. The predicted molar refractivity (Wildman–Crippen MR) is 94.5 cm³/mol. The molecule has 2 aromatic rings. The van der Waals surface area contributed by atoms with Gasteiger partial charge in [-0.2, -0.15) is 0 Å². The highest BCUT2D eigenvalue weighted by Gasteiger charge is 2.22. The van der Waals surface area contributed by atoms with Gasteiger partial charge in [0.25, 0.3) is 0 Å². The van der Waals surface area contributed by atoms with E-state index in [9.17, 15) is 9.59 Å². The highest BCUT2D eigenvalue weighted by atomic mass is 16.2. The average molecular weight is 324 g/mol. The second kappa shape index (κ2) is 6.31. The number of rotatable bonds is 2. The fraction of sp³-hybridized carbons (Fsp3) is 0.278. The van der Waals surface area contributed by atoms with E-state index in [2.05, 4.69) is 15.6 Å². The molecule has 0 saturated carbocycles. The molecule has 2 heterocycles. The van der Waals surface area contributed by atoms with Crippen LogP contribution in [0.15, 0.2) is 30.3 Å². The van der Waals surface area contributed by atoms with Gasteiger partial charge in [0.05, 0.1) is 0 Å². The van der Waals surface area contributed by atoms with Crippen LogP contribution in [0.4, 0.5) is 22.0 Å². The molecular weight excluding hydrogens is 304 g/mol. The molecule has 0 spiro atoms. The number of pyridine rings is 1. The zero-order valence-corrected chi connectivity index (χ0v) is 14.0. The largest absolute Gasteiger partial charge is 0.324 e. The molecule has 124 valence electrons. The van der Waals surface area contributed by atoms with Gasteiger partial charge in [0.2, 0.25) is 5.91 Å². The molecule has 6 heteroatoms. The zero-order chi connectivity index (χ0) is 17.3. The lowest BCUT2D eigenvalue weighted by atomic mass is 10.1. The van der Waals surface area contributed by atoms with Crippen LogP contribution in [0.5, 0.6) is 0 Å². The normalized spacial score (nSPS) is 12.7. The van der Waals surface area contributed by atoms with Crippen LogP contribution in [0.25, 0.3) is 0 Å². The monoisotopic (exact) mass is 324 g/mol. The van der Waals surface area contributed by atoms with Crippen molar-refractivity contribution < 1.29 is 9.59 Å². The van der Waals surface area contributed by atoms with Gasteiger partial charge in [-0.25, -0.2) is 9.78 Å². The third-order valence-electron chi connectivity index (χ3n) is 3.95. The molecule has 6 nitrogen and oxygen atoms in total. The molecule has 0 unspecified atom stereocenters. The molecule has 0 saturated heterocycles. The summed E-state index contributed by atoms with van der Waals surface area (Å²) in [5.74, 6) is 0.557. The van der Waals surface area contributed by atoms with Gasteiger partial charge in [-0.05, 0) is 61.7 Å². The number of hydrogen-bond donors (Lipinski definition) is 2. The number of aromatic nitrogens is 1. The SMILES string of the molecule is CC(=O)N1CCc2cc(NC(=O)Nc3cc(C)cc(C)n3)ccc21. The number of anilines is 3. The van der Waals surface area contributed by atoms with Crippen molar-refractivity contribution in [2.45, 2.75) is 27.2 Å². The number of urea groups is 1. The van der Waals surface area contributed by atoms with E-state index in [-0.39, 0.29) is 11.9 Å². The number of aryl methyl sites for hydroxylation is 2. The number of hydrogen-bond acceptors (Lipinski definition) is 3. The maximum Gasteiger partial charge on any atom is 0.324 e. The fourth-order valence-electron chi connectivity index (χ4n) is 2.99. The average Bonchev–Trinajstić information content (AvgIpc) is 2.89. The Morgan fingerprint density at radius 2 is 1.92 bits per heavy atom. The van der Waals surface area contributed by atoms with Gasteiger partial charge in [-0.3, -0.25) is 10.1 Å². The molecule has 24 heavy (non-hydrogen) atoms. The number of nitrogens with one attached hydrogen (secondary N) is 2. The lowest BCUT2D eigenvalue weighted by Crippen LogP contribution is -2.25. The van der Waals surface area contributed by atoms with E-state index in [1.165, 1.54) is 0 Å². The number of fused-ring (bicyclic) bond motifs is 1. The Hall–Kier alpha value is -2.89. The first-order valence-corrected chi connectivity index (χ1v) is 7.87. The summed E-state index contributed by atoms with van der Waals surface area (Å²) in [6.45, 7) is 6.09. The number of benzene rings is 1. The summed E-state index contributed by atoms with van der Waals surface area (Å²) in [7, 11) is 0. The molecule has 1 aliphatic rings. The Morgan fingerprint density at radius 3 is 2.62 bits per heavy atom. The van der Waals surface area contributed by atoms with Crippen molar-refractivity contribution in [1.82, 2.24) is 4.98 Å². The van der Waals surface area contributed by atoms with E-state index in [0.29, 0.717) is 18.1 Å². The van der Waals surface area contributed by atoms with Gasteiger partial charge in [0.1, 0.15) is 5.82 Å². The van der Waals surface area contributed by atoms with E-state index >= 15 is 0 Å². The number of nitrogens with zero attached hydrogens (tertiary/aromatic N) is 2. The fourth-order valence-corrected chi connectivity index (χ4v) is 2.99. The second-order valence-corrected chi connectivity index (χ2v) is 6.01. The molecule has 3 amide bonds. The Morgan fingerprint density at radius 1 is 1.12 bits per heavy atom. The highest BCUT2D eigenvalue weighted by Crippen LogP contribution is 2.30. The van der Waals surface area contributed by atoms with Crippen LogP contribution < -0.4 is 15.5 Å². The third-order valence-corrected chi connectivity index (χ3v) is 3.95. The van der Waals surface area contributed by atoms with E-state index < -0.39 is 0 Å². The number of carbonyl (C=O) groups is 2. The van der Waals surface area contributed by atoms with Crippen LogP contribution in [-0.4, -0.2) is 23.5 Å². The minimum absolute atomic E-state index is 0.0353. The van der Waals surface area contributed by atoms with E-state index in [1.54, 1.807) is 17.9 Å². The standard InChI is InChI=1S/C18H20N4O2/c1-11-8-12(2)19-17(9-11)21-18(24)20-15-4-5-16-14(10-15)6-7-22(16)13(3)23/h4-5,8-10H,6-7H2,1-3H3,(H2,19,20,21,24). The Bertz CT molecular complexity index is 796. The summed E-state index contributed by atoms with van der Waals surface area (Å²) in [6.07, 6.45) is 0.796. The molecular formula is C18H20N4O2. The van der Waals surface area contributed by atoms with Crippen LogP contribution in [0.3, 0.4) is 0 Å². The lowest BCUT2D eigenvalue weighted by molar-refractivity contribution is -0.116. The second-order valence-electron chi connectivity index (χ2n) is 6.01. The Balaban J connectivity index is 1.70. The van der Waals surface area contributed by atoms with Crippen LogP contribution in [0, 0.1) is 13.8 Å². The highest BCUT2D eigenvalue weighted by molar-refractivity contribution is 6.00. The molecule has 0 aliphatic carbocycles. The maximum atomic E-state index is 12.2. The molecule has 1 aliphatic heterocycles. The van der Waals surface area contributed by atoms with Crippen molar-refractivity contribution in [3.05, 3.63) is 47.2 Å². The topological polar surface area (TPSA) is 74.3 Å². The first-order chi connectivity index (χ1) is 11.4. The van der Waals surface area contributed by atoms with Gasteiger partial charge < -0.3 is 10.2 Å². The first-order valence-electron chi connectivity index (χ1n) is 7.87. The lowest BCUT2D eigenvalue weighted by Gasteiger charge is -2.15. The quantitative estimate of drug-likeness (QED) is 0.890. The van der Waals surface area contributed by atoms with Crippen LogP contribution in [0.1, 0.15) is 23.7 Å². The molecule has 0 atom stereocenters. The van der Waals surface area contributed by atoms with Gasteiger partial charge >= 0.3 is 6.03 Å². The summed E-state index contributed by atoms with van der Waals surface area (Å²) >= 11 is 0. The van der Waals surface area contributed by atoms with E-state index in [0.717, 1.165) is 28.9 Å². The molecule has 0 radical (unpaired) electrons. The zero-order valence-electron chi connectivity index (χ0n) is 14.0. The Kier molecular flexibility index (Phi) is 4.20. The minimum Gasteiger partial charge on any atom is -0.312 e. The smallest absolute Gasteiger partial charge is 0.312 e. The van der Waals surface area contributed by atoms with Crippen molar-refractivity contribution in [2.75, 3.05) is 22.1 Å². The predicted octanol–water partition coefficient (Wildman–Crippen LogP) is 3.25. The minimum atomic E-state index is -0.339. The van der Waals surface area contributed by atoms with Crippen LogP contribution in [-0.2, 0) is 11.2 Å². The van der Waals surface area contributed by atoms with Gasteiger partial charge in [0.15, 0.2) is 0 Å². The summed E-state index contributed by atoms with van der Waals surface area (Å²) in [4.78, 5) is 29.8. The molecule has 1 aromatic carbocycles. The summed E-state index contributed by atoms with van der Waals surface area (Å²) in [5, 5.41) is 5.55. The summed E-state index contributed by atoms with van der Waals surface area (Å²) in [5.41, 5.74) is 4.57. The molecule has 2 N–H and O–H groups in total. The van der Waals surface area contributed by atoms with Crippen molar-refractivity contribution in [2.24, 2.45) is 0 Å². The van der Waals surface area contributed by atoms with Gasteiger partial charge in [-0.15, -0.1) is 0 Å². The van der Waals surface area contributed by atoms with E-state index in [1.807, 2.05) is 38.1 Å². The third kappa shape index (κ3) is 3.37. The number of carbonyl (C=O) groups excluding carboxylic acids is 2. The van der Waals surface area contributed by atoms with Crippen molar-refractivity contribution in [3.8, 4) is 0 Å². The molecule has 0 bridgehead atoms. The maximum absolute atomic E-state index is 12.2. The summed E-state index contributed by atoms with van der Waals surface area (Å²) in [6, 6.07) is 9.01. The first kappa shape index (κ1) is 16.0. The van der Waals surface area contributed by atoms with Crippen LogP contribution >= 0.6 is 0 Å². The van der Waals surface area contributed by atoms with E-state index in [4.69, 9.17) is 0 Å². The van der Waals surface area contributed by atoms with Crippen molar-refractivity contribution in [1.29, 1.82) is 0 Å². The number of amides is 3. The van der Waals surface area contributed by atoms with Gasteiger partial charge in [-0.1, -0.05) is 0 Å².